The van der Waals surface area contributed by atoms with E-state index in [-0.39, 0.29) is 17.7 Å². The van der Waals surface area contributed by atoms with E-state index in [1.54, 1.807) is 0 Å². The van der Waals surface area contributed by atoms with Gasteiger partial charge in [0, 0.05) is 0 Å². The lowest BCUT2D eigenvalue weighted by Crippen LogP contribution is -2.06. The predicted molar refractivity (Wildman–Crippen MR) is 51.3 cm³/mol. The second-order valence-corrected chi connectivity index (χ2v) is 3.20. The highest BCUT2D eigenvalue weighted by molar-refractivity contribution is 5.27. The van der Waals surface area contributed by atoms with Crippen LogP contribution in [0, 0.1) is 10.1 Å². The smallest absolute Gasteiger partial charge is 0.259 e. The van der Waals surface area contributed by atoms with E-state index in [1.807, 2.05) is 0 Å². The third-order valence-electron chi connectivity index (χ3n) is 1.92. The normalized spacial score (nSPS) is 11.2. The summed E-state index contributed by atoms with van der Waals surface area (Å²) < 4.78 is 36.9. The summed E-state index contributed by atoms with van der Waals surface area (Å²) in [5.41, 5.74) is -0.933. The Balaban J connectivity index is 2.92. The van der Waals surface area contributed by atoms with Gasteiger partial charge in [-0.05, 0) is 18.2 Å². The zero-order valence-corrected chi connectivity index (χ0v) is 8.12. The van der Waals surface area contributed by atoms with Gasteiger partial charge in [-0.3, -0.25) is 10.1 Å². The summed E-state index contributed by atoms with van der Waals surface area (Å²) in [5.74, 6) is 0. The molecular weight excluding hydrogens is 223 g/mol. The van der Waals surface area contributed by atoms with Crippen LogP contribution in [-0.2, 0) is 12.6 Å². The first-order valence-electron chi connectivity index (χ1n) is 4.29. The van der Waals surface area contributed by atoms with Gasteiger partial charge in [-0.25, -0.2) is 0 Å². The standard InChI is InChI=1S/C10H8F3NO2/c1-7(14(15)16)5-8-3-2-4-9(6-8)10(11,12)13/h2-4,6H,1,5H2. The molecule has 0 aliphatic carbocycles. The zero-order valence-electron chi connectivity index (χ0n) is 8.12. The first kappa shape index (κ1) is 12.2. The molecule has 16 heavy (non-hydrogen) atoms. The second kappa shape index (κ2) is 4.34. The summed E-state index contributed by atoms with van der Waals surface area (Å²) in [6, 6.07) is 4.41. The molecular formula is C10H8F3NO2. The maximum atomic E-state index is 12.3. The van der Waals surface area contributed by atoms with E-state index in [9.17, 15) is 23.3 Å². The number of benzene rings is 1. The summed E-state index contributed by atoms with van der Waals surface area (Å²) in [5, 5.41) is 10.3. The monoisotopic (exact) mass is 231 g/mol. The van der Waals surface area contributed by atoms with Crippen molar-refractivity contribution in [2.24, 2.45) is 0 Å². The van der Waals surface area contributed by atoms with Gasteiger partial charge in [0.05, 0.1) is 16.9 Å². The minimum atomic E-state index is -4.44. The number of hydrogen-bond acceptors (Lipinski definition) is 2. The zero-order chi connectivity index (χ0) is 12.3. The molecule has 0 atom stereocenters. The van der Waals surface area contributed by atoms with Crippen molar-refractivity contribution in [2.75, 3.05) is 0 Å². The molecule has 0 spiro atoms. The van der Waals surface area contributed by atoms with Crippen LogP contribution in [-0.4, -0.2) is 4.92 Å². The van der Waals surface area contributed by atoms with Gasteiger partial charge in [0.25, 0.3) is 0 Å². The Morgan fingerprint density at radius 3 is 2.56 bits per heavy atom. The number of allylic oxidation sites excluding steroid dienone is 1. The molecule has 6 heteroatoms. The summed E-state index contributed by atoms with van der Waals surface area (Å²) in [4.78, 5) is 9.56. The van der Waals surface area contributed by atoms with Crippen LogP contribution in [0.25, 0.3) is 0 Å². The van der Waals surface area contributed by atoms with Crippen molar-refractivity contribution in [3.8, 4) is 0 Å². The van der Waals surface area contributed by atoms with Crippen LogP contribution >= 0.6 is 0 Å². The van der Waals surface area contributed by atoms with Gasteiger partial charge in [-0.2, -0.15) is 13.2 Å². The predicted octanol–water partition coefficient (Wildman–Crippen LogP) is 3.04. The average Bonchev–Trinajstić information content (AvgIpc) is 2.16. The molecule has 0 fully saturated rings. The Hall–Kier alpha value is -1.85. The van der Waals surface area contributed by atoms with Gasteiger partial charge in [0.1, 0.15) is 0 Å². The molecule has 0 unspecified atom stereocenters. The Morgan fingerprint density at radius 1 is 1.44 bits per heavy atom. The number of nitro groups is 1. The summed E-state index contributed by atoms with van der Waals surface area (Å²) in [7, 11) is 0. The number of rotatable bonds is 3. The average molecular weight is 231 g/mol. The highest BCUT2D eigenvalue weighted by Gasteiger charge is 2.30. The third kappa shape index (κ3) is 3.08. The fourth-order valence-electron chi connectivity index (χ4n) is 1.16. The van der Waals surface area contributed by atoms with Gasteiger partial charge < -0.3 is 0 Å². The lowest BCUT2D eigenvalue weighted by molar-refractivity contribution is -0.426. The van der Waals surface area contributed by atoms with E-state index in [4.69, 9.17) is 0 Å². The maximum absolute atomic E-state index is 12.3. The molecule has 0 aliphatic heterocycles. The number of halogens is 3. The maximum Gasteiger partial charge on any atom is 0.416 e. The van der Waals surface area contributed by atoms with E-state index < -0.39 is 16.7 Å². The van der Waals surface area contributed by atoms with Gasteiger partial charge >= 0.3 is 6.18 Å². The summed E-state index contributed by atoms with van der Waals surface area (Å²) in [6.07, 6.45) is -4.64. The quantitative estimate of drug-likeness (QED) is 0.592. The highest BCUT2D eigenvalue weighted by atomic mass is 19.4. The topological polar surface area (TPSA) is 43.1 Å². The molecule has 0 saturated heterocycles. The van der Waals surface area contributed by atoms with Crippen molar-refractivity contribution < 1.29 is 18.1 Å². The highest BCUT2D eigenvalue weighted by Crippen LogP contribution is 2.29. The van der Waals surface area contributed by atoms with E-state index in [1.165, 1.54) is 12.1 Å². The first-order valence-corrected chi connectivity index (χ1v) is 4.29. The van der Waals surface area contributed by atoms with E-state index in [2.05, 4.69) is 6.58 Å². The van der Waals surface area contributed by atoms with Gasteiger partial charge in [-0.15, -0.1) is 0 Å². The van der Waals surface area contributed by atoms with Crippen molar-refractivity contribution in [3.05, 3.63) is 57.8 Å². The molecule has 0 N–H and O–H groups in total. The van der Waals surface area contributed by atoms with Crippen LogP contribution in [0.5, 0.6) is 0 Å². The lowest BCUT2D eigenvalue weighted by atomic mass is 10.1. The number of nitrogens with zero attached hydrogens (tertiary/aromatic N) is 1. The molecule has 1 aromatic carbocycles. The van der Waals surface area contributed by atoms with Crippen LogP contribution in [0.4, 0.5) is 13.2 Å². The van der Waals surface area contributed by atoms with E-state index in [0.717, 1.165) is 12.1 Å². The molecule has 86 valence electrons. The molecule has 3 nitrogen and oxygen atoms in total. The van der Waals surface area contributed by atoms with Crippen LogP contribution in [0.1, 0.15) is 11.1 Å². The molecule has 0 aromatic heterocycles. The van der Waals surface area contributed by atoms with Crippen molar-refractivity contribution in [2.45, 2.75) is 12.6 Å². The molecule has 0 amide bonds. The summed E-state index contributed by atoms with van der Waals surface area (Å²) >= 11 is 0. The molecule has 0 bridgehead atoms. The number of hydrogen-bond donors (Lipinski definition) is 0. The molecule has 0 heterocycles. The Kier molecular flexibility index (Phi) is 3.31. The molecule has 1 rings (SSSR count). The molecule has 0 radical (unpaired) electrons. The molecule has 0 saturated carbocycles. The largest absolute Gasteiger partial charge is 0.416 e. The second-order valence-electron chi connectivity index (χ2n) is 3.20. The Bertz CT molecular complexity index is 426. The lowest BCUT2D eigenvalue weighted by Gasteiger charge is -2.07. The fourth-order valence-corrected chi connectivity index (χ4v) is 1.16. The first-order chi connectivity index (χ1) is 7.30. The van der Waals surface area contributed by atoms with Gasteiger partial charge in [0.2, 0.25) is 5.70 Å². The van der Waals surface area contributed by atoms with Crippen LogP contribution in [0.3, 0.4) is 0 Å². The van der Waals surface area contributed by atoms with Crippen LogP contribution in [0.15, 0.2) is 36.5 Å². The van der Waals surface area contributed by atoms with Crippen molar-refractivity contribution in [3.63, 3.8) is 0 Å². The van der Waals surface area contributed by atoms with E-state index >= 15 is 0 Å². The Labute approximate surface area is 89.4 Å². The van der Waals surface area contributed by atoms with Crippen LogP contribution in [0.2, 0.25) is 0 Å². The van der Waals surface area contributed by atoms with Crippen molar-refractivity contribution in [1.82, 2.24) is 0 Å². The minimum absolute atomic E-state index is 0.198. The van der Waals surface area contributed by atoms with Gasteiger partial charge in [0.15, 0.2) is 0 Å². The molecule has 0 aliphatic rings. The number of alkyl halides is 3. The van der Waals surface area contributed by atoms with Crippen LogP contribution < -0.4 is 0 Å². The Morgan fingerprint density at radius 2 is 2.06 bits per heavy atom. The SMILES string of the molecule is C=C(Cc1cccc(C(F)(F)F)c1)[N+](=O)[O-]. The minimum Gasteiger partial charge on any atom is -0.259 e. The van der Waals surface area contributed by atoms with Crippen molar-refractivity contribution in [1.29, 1.82) is 0 Å². The molecule has 1 aromatic rings. The van der Waals surface area contributed by atoms with Crippen molar-refractivity contribution >= 4 is 0 Å². The summed E-state index contributed by atoms with van der Waals surface area (Å²) in [6.45, 7) is 3.16. The fraction of sp³-hybridized carbons (Fsp3) is 0.200. The van der Waals surface area contributed by atoms with Gasteiger partial charge in [-0.1, -0.05) is 18.2 Å². The van der Waals surface area contributed by atoms with E-state index in [0.29, 0.717) is 0 Å². The third-order valence-corrected chi connectivity index (χ3v) is 1.92.